The molecule has 1 aromatic rings. The lowest BCUT2D eigenvalue weighted by Gasteiger charge is -2.10. The first-order valence-electron chi connectivity index (χ1n) is 5.51. The number of hydrogen-bond donors (Lipinski definition) is 2. The molecule has 1 atom stereocenters. The fourth-order valence-corrected chi connectivity index (χ4v) is 2.53. The average Bonchev–Trinajstić information content (AvgIpc) is 2.73. The molecule has 0 saturated carbocycles. The Labute approximate surface area is 99.4 Å². The van der Waals surface area contributed by atoms with Crippen molar-refractivity contribution in [2.75, 3.05) is 18.8 Å². The van der Waals surface area contributed by atoms with Crippen LogP contribution in [-0.4, -0.2) is 13.1 Å². The molecule has 1 saturated heterocycles. The summed E-state index contributed by atoms with van der Waals surface area (Å²) < 4.78 is 1.02. The Morgan fingerprint density at radius 3 is 3.07 bits per heavy atom. The van der Waals surface area contributed by atoms with Crippen LogP contribution >= 0.6 is 15.9 Å². The zero-order valence-electron chi connectivity index (χ0n) is 8.80. The van der Waals surface area contributed by atoms with E-state index < -0.39 is 0 Å². The smallest absolute Gasteiger partial charge is 0.0491 e. The van der Waals surface area contributed by atoms with Crippen molar-refractivity contribution in [2.24, 2.45) is 5.92 Å². The highest BCUT2D eigenvalue weighted by Gasteiger charge is 2.14. The van der Waals surface area contributed by atoms with Crippen LogP contribution in [0.2, 0.25) is 0 Å². The van der Waals surface area contributed by atoms with Crippen LogP contribution in [0.4, 0.5) is 5.69 Å². The Hall–Kier alpha value is -0.540. The van der Waals surface area contributed by atoms with Crippen LogP contribution in [-0.2, 0) is 6.42 Å². The van der Waals surface area contributed by atoms with Gasteiger partial charge in [0, 0.05) is 10.2 Å². The monoisotopic (exact) mass is 268 g/mol. The summed E-state index contributed by atoms with van der Waals surface area (Å²) in [4.78, 5) is 0. The molecule has 2 nitrogen and oxygen atoms in total. The second-order valence-corrected chi connectivity index (χ2v) is 5.06. The summed E-state index contributed by atoms with van der Waals surface area (Å²) in [5, 5.41) is 3.39. The van der Waals surface area contributed by atoms with E-state index >= 15 is 0 Å². The van der Waals surface area contributed by atoms with E-state index in [0.717, 1.165) is 22.5 Å². The summed E-state index contributed by atoms with van der Waals surface area (Å²) in [6.07, 6.45) is 3.65. The molecule has 1 aromatic carbocycles. The maximum Gasteiger partial charge on any atom is 0.0491 e. The summed E-state index contributed by atoms with van der Waals surface area (Å²) in [7, 11) is 0. The molecule has 1 unspecified atom stereocenters. The number of hydrogen-bond acceptors (Lipinski definition) is 2. The number of nitrogen functional groups attached to an aromatic ring is 1. The second kappa shape index (κ2) is 4.99. The average molecular weight is 269 g/mol. The highest BCUT2D eigenvalue weighted by molar-refractivity contribution is 9.10. The number of aryl methyl sites for hydroxylation is 1. The van der Waals surface area contributed by atoms with Crippen LogP contribution in [0, 0.1) is 5.92 Å². The van der Waals surface area contributed by atoms with E-state index in [-0.39, 0.29) is 0 Å². The van der Waals surface area contributed by atoms with Gasteiger partial charge in [0.25, 0.3) is 0 Å². The van der Waals surface area contributed by atoms with E-state index in [9.17, 15) is 0 Å². The van der Waals surface area contributed by atoms with Crippen molar-refractivity contribution >= 4 is 21.6 Å². The summed E-state index contributed by atoms with van der Waals surface area (Å²) in [6.45, 7) is 2.35. The van der Waals surface area contributed by atoms with Gasteiger partial charge in [-0.2, -0.15) is 0 Å². The zero-order valence-corrected chi connectivity index (χ0v) is 10.4. The minimum absolute atomic E-state index is 0.836. The van der Waals surface area contributed by atoms with E-state index in [1.807, 2.05) is 6.07 Å². The van der Waals surface area contributed by atoms with Gasteiger partial charge in [0.2, 0.25) is 0 Å². The van der Waals surface area contributed by atoms with Crippen molar-refractivity contribution in [3.63, 3.8) is 0 Å². The van der Waals surface area contributed by atoms with Crippen LogP contribution in [0.25, 0.3) is 0 Å². The van der Waals surface area contributed by atoms with E-state index in [1.54, 1.807) is 0 Å². The predicted molar refractivity (Wildman–Crippen MR) is 67.9 cm³/mol. The van der Waals surface area contributed by atoms with Crippen LogP contribution in [0.15, 0.2) is 22.7 Å². The lowest BCUT2D eigenvalue weighted by molar-refractivity contribution is 0.533. The van der Waals surface area contributed by atoms with Gasteiger partial charge >= 0.3 is 0 Å². The van der Waals surface area contributed by atoms with Crippen molar-refractivity contribution in [3.8, 4) is 0 Å². The Balaban J connectivity index is 1.95. The molecule has 82 valence electrons. The molecule has 1 aliphatic rings. The van der Waals surface area contributed by atoms with Gasteiger partial charge in [0.15, 0.2) is 0 Å². The minimum atomic E-state index is 0.836. The Bertz CT molecular complexity index is 332. The highest BCUT2D eigenvalue weighted by atomic mass is 79.9. The first-order chi connectivity index (χ1) is 7.27. The Kier molecular flexibility index (Phi) is 3.65. The van der Waals surface area contributed by atoms with Crippen molar-refractivity contribution in [2.45, 2.75) is 19.3 Å². The van der Waals surface area contributed by atoms with Crippen LogP contribution in [0.1, 0.15) is 18.4 Å². The highest BCUT2D eigenvalue weighted by Crippen LogP contribution is 2.25. The van der Waals surface area contributed by atoms with E-state index in [1.165, 1.54) is 31.5 Å². The third-order valence-electron chi connectivity index (χ3n) is 3.13. The molecule has 0 bridgehead atoms. The van der Waals surface area contributed by atoms with Gasteiger partial charge in [-0.3, -0.25) is 0 Å². The predicted octanol–water partition coefficient (Wildman–Crippen LogP) is 2.57. The molecule has 3 N–H and O–H groups in total. The lowest BCUT2D eigenvalue weighted by atomic mass is 9.98. The fraction of sp³-hybridized carbons (Fsp3) is 0.500. The minimum Gasteiger partial charge on any atom is -0.398 e. The first-order valence-corrected chi connectivity index (χ1v) is 6.30. The molecular weight excluding hydrogens is 252 g/mol. The molecule has 1 aliphatic heterocycles. The maximum atomic E-state index is 6.00. The normalized spacial score (nSPS) is 20.7. The number of halogens is 1. The molecule has 3 heteroatoms. The van der Waals surface area contributed by atoms with Gasteiger partial charge in [0.05, 0.1) is 0 Å². The van der Waals surface area contributed by atoms with Gasteiger partial charge in [-0.25, -0.2) is 0 Å². The molecular formula is C12H17BrN2. The number of rotatable bonds is 3. The summed E-state index contributed by atoms with van der Waals surface area (Å²) in [5.74, 6) is 0.836. The number of para-hydroxylation sites is 1. The van der Waals surface area contributed by atoms with Crippen molar-refractivity contribution < 1.29 is 0 Å². The maximum absolute atomic E-state index is 6.00. The summed E-state index contributed by atoms with van der Waals surface area (Å²) >= 11 is 3.46. The topological polar surface area (TPSA) is 38.0 Å². The molecule has 1 fully saturated rings. The standard InChI is InChI=1S/C12H17BrN2/c13-11-3-1-2-10(12(11)14)5-4-9-6-7-15-8-9/h1-3,9,15H,4-8,14H2. The molecule has 0 radical (unpaired) electrons. The zero-order chi connectivity index (χ0) is 10.7. The lowest BCUT2D eigenvalue weighted by Crippen LogP contribution is -2.09. The van der Waals surface area contributed by atoms with Gasteiger partial charge in [-0.1, -0.05) is 12.1 Å². The molecule has 1 heterocycles. The van der Waals surface area contributed by atoms with Crippen molar-refractivity contribution in [3.05, 3.63) is 28.2 Å². The van der Waals surface area contributed by atoms with Crippen LogP contribution in [0.5, 0.6) is 0 Å². The van der Waals surface area contributed by atoms with E-state index in [2.05, 4.69) is 33.4 Å². The molecule has 0 amide bonds. The number of benzene rings is 1. The van der Waals surface area contributed by atoms with Gasteiger partial charge in [0.1, 0.15) is 0 Å². The molecule has 0 spiro atoms. The van der Waals surface area contributed by atoms with Crippen molar-refractivity contribution in [1.29, 1.82) is 0 Å². The second-order valence-electron chi connectivity index (χ2n) is 4.21. The van der Waals surface area contributed by atoms with Crippen LogP contribution in [0.3, 0.4) is 0 Å². The number of nitrogens with one attached hydrogen (secondary N) is 1. The van der Waals surface area contributed by atoms with E-state index in [0.29, 0.717) is 0 Å². The fourth-order valence-electron chi connectivity index (χ4n) is 2.12. The largest absolute Gasteiger partial charge is 0.398 e. The Morgan fingerprint density at radius 1 is 1.47 bits per heavy atom. The summed E-state index contributed by atoms with van der Waals surface area (Å²) in [5.41, 5.74) is 8.19. The molecule has 15 heavy (non-hydrogen) atoms. The molecule has 2 rings (SSSR count). The SMILES string of the molecule is Nc1c(Br)cccc1CCC1CCNC1. The number of nitrogens with two attached hydrogens (primary N) is 1. The van der Waals surface area contributed by atoms with Crippen LogP contribution < -0.4 is 11.1 Å². The van der Waals surface area contributed by atoms with Gasteiger partial charge in [-0.15, -0.1) is 0 Å². The molecule has 0 aliphatic carbocycles. The Morgan fingerprint density at radius 2 is 2.33 bits per heavy atom. The summed E-state index contributed by atoms with van der Waals surface area (Å²) in [6, 6.07) is 6.18. The third kappa shape index (κ3) is 2.73. The number of anilines is 1. The van der Waals surface area contributed by atoms with Gasteiger partial charge in [-0.05, 0) is 65.8 Å². The third-order valence-corrected chi connectivity index (χ3v) is 3.82. The van der Waals surface area contributed by atoms with Gasteiger partial charge < -0.3 is 11.1 Å². The quantitative estimate of drug-likeness (QED) is 0.828. The van der Waals surface area contributed by atoms with E-state index in [4.69, 9.17) is 5.73 Å². The van der Waals surface area contributed by atoms with Crippen molar-refractivity contribution in [1.82, 2.24) is 5.32 Å². The first kappa shape index (κ1) is 11.0. The molecule has 0 aromatic heterocycles.